The Bertz CT molecular complexity index is 1070. The van der Waals surface area contributed by atoms with Crippen LogP contribution in [0.5, 0.6) is 0 Å². The van der Waals surface area contributed by atoms with E-state index in [1.54, 1.807) is 60.7 Å². The second-order valence-electron chi connectivity index (χ2n) is 6.30. The molecule has 8 nitrogen and oxygen atoms in total. The molecule has 0 unspecified atom stereocenters. The van der Waals surface area contributed by atoms with Gasteiger partial charge in [-0.25, -0.2) is 0 Å². The van der Waals surface area contributed by atoms with E-state index in [1.165, 1.54) is 6.26 Å². The molecule has 0 aliphatic carbocycles. The second kappa shape index (κ2) is 7.43. The fourth-order valence-electron chi connectivity index (χ4n) is 2.96. The molecule has 2 aromatic carbocycles. The van der Waals surface area contributed by atoms with Crippen molar-refractivity contribution in [2.45, 2.75) is 0 Å². The van der Waals surface area contributed by atoms with Crippen LogP contribution in [-0.2, 0) is 4.79 Å². The third-order valence-corrected chi connectivity index (χ3v) is 4.35. The fourth-order valence-corrected chi connectivity index (χ4v) is 2.96. The maximum atomic E-state index is 12.3. The van der Waals surface area contributed by atoms with Crippen LogP contribution in [0, 0.1) is 0 Å². The minimum atomic E-state index is -0.508. The van der Waals surface area contributed by atoms with Crippen molar-refractivity contribution in [2.24, 2.45) is 0 Å². The van der Waals surface area contributed by atoms with Crippen LogP contribution in [0.2, 0.25) is 0 Å². The number of carbonyl (C=O) groups is 4. The molecule has 0 saturated heterocycles. The van der Waals surface area contributed by atoms with E-state index in [1.807, 2.05) is 0 Å². The van der Waals surface area contributed by atoms with Crippen LogP contribution >= 0.6 is 0 Å². The van der Waals surface area contributed by atoms with E-state index in [0.29, 0.717) is 22.5 Å². The Hall–Kier alpha value is -4.20. The number of hydrogen-bond acceptors (Lipinski definition) is 5. The third kappa shape index (κ3) is 3.63. The average molecular weight is 389 g/mol. The molecule has 8 heteroatoms. The number of fused-ring (bicyclic) bond motifs is 1. The zero-order valence-electron chi connectivity index (χ0n) is 15.0. The van der Waals surface area contributed by atoms with E-state index in [4.69, 9.17) is 4.42 Å². The first kappa shape index (κ1) is 18.2. The molecule has 4 rings (SSSR count). The third-order valence-electron chi connectivity index (χ3n) is 4.35. The van der Waals surface area contributed by atoms with Gasteiger partial charge < -0.3 is 15.1 Å². The van der Waals surface area contributed by atoms with Crippen molar-refractivity contribution in [3.05, 3.63) is 83.8 Å². The summed E-state index contributed by atoms with van der Waals surface area (Å²) in [5.74, 6) is -1.69. The van der Waals surface area contributed by atoms with Gasteiger partial charge in [0.2, 0.25) is 5.91 Å². The van der Waals surface area contributed by atoms with Gasteiger partial charge in [-0.1, -0.05) is 12.1 Å². The first-order valence-electron chi connectivity index (χ1n) is 8.73. The SMILES string of the molecule is O=C(CN1C(=O)c2ccccc2C1=O)Nc1ccc(NC(=O)c2ccco2)cc1. The summed E-state index contributed by atoms with van der Waals surface area (Å²) in [4.78, 5) is 49.8. The number of carbonyl (C=O) groups excluding carboxylic acids is 4. The van der Waals surface area contributed by atoms with Crippen molar-refractivity contribution < 1.29 is 23.6 Å². The molecule has 4 amide bonds. The molecule has 0 atom stereocenters. The standard InChI is InChI=1S/C21H15N3O5/c25-18(12-24-20(27)15-4-1-2-5-16(15)21(24)28)22-13-7-9-14(10-8-13)23-19(26)17-6-3-11-29-17/h1-11H,12H2,(H,22,25)(H,23,26). The number of furan rings is 1. The zero-order chi connectivity index (χ0) is 20.4. The maximum Gasteiger partial charge on any atom is 0.291 e. The monoisotopic (exact) mass is 389 g/mol. The average Bonchev–Trinajstić information content (AvgIpc) is 3.34. The number of rotatable bonds is 5. The predicted octanol–water partition coefficient (Wildman–Crippen LogP) is 2.77. The molecule has 3 aromatic rings. The molecule has 1 aromatic heterocycles. The second-order valence-corrected chi connectivity index (χ2v) is 6.30. The molecule has 2 N–H and O–H groups in total. The van der Waals surface area contributed by atoms with Crippen LogP contribution in [0.25, 0.3) is 0 Å². The Labute approximate surface area is 165 Å². The lowest BCUT2D eigenvalue weighted by atomic mass is 10.1. The number of hydrogen-bond donors (Lipinski definition) is 2. The summed E-state index contributed by atoms with van der Waals surface area (Å²) < 4.78 is 5.02. The lowest BCUT2D eigenvalue weighted by molar-refractivity contribution is -0.116. The summed E-state index contributed by atoms with van der Waals surface area (Å²) in [5, 5.41) is 5.29. The van der Waals surface area contributed by atoms with E-state index in [2.05, 4.69) is 10.6 Å². The molecule has 1 aliphatic heterocycles. The smallest absolute Gasteiger partial charge is 0.291 e. The number of anilines is 2. The lowest BCUT2D eigenvalue weighted by Gasteiger charge is -2.14. The number of nitrogens with one attached hydrogen (secondary N) is 2. The Balaban J connectivity index is 1.36. The topological polar surface area (TPSA) is 109 Å². The van der Waals surface area contributed by atoms with Gasteiger partial charge in [-0.15, -0.1) is 0 Å². The highest BCUT2D eigenvalue weighted by Gasteiger charge is 2.36. The number of amides is 4. The summed E-state index contributed by atoms with van der Waals surface area (Å²) in [6.07, 6.45) is 1.40. The number of benzene rings is 2. The van der Waals surface area contributed by atoms with Crippen LogP contribution < -0.4 is 10.6 Å². The predicted molar refractivity (Wildman–Crippen MR) is 104 cm³/mol. The van der Waals surface area contributed by atoms with E-state index in [0.717, 1.165) is 4.90 Å². The minimum absolute atomic E-state index is 0.184. The van der Waals surface area contributed by atoms with Crippen molar-refractivity contribution >= 4 is 35.0 Å². The van der Waals surface area contributed by atoms with Crippen molar-refractivity contribution in [3.63, 3.8) is 0 Å². The molecule has 0 bridgehead atoms. The van der Waals surface area contributed by atoms with Crippen molar-refractivity contribution in [1.82, 2.24) is 4.90 Å². The van der Waals surface area contributed by atoms with Crippen molar-refractivity contribution in [1.29, 1.82) is 0 Å². The van der Waals surface area contributed by atoms with E-state index in [9.17, 15) is 19.2 Å². The molecule has 144 valence electrons. The summed E-state index contributed by atoms with van der Waals surface area (Å²) in [5.41, 5.74) is 1.57. The van der Waals surface area contributed by atoms with Gasteiger partial charge in [-0.2, -0.15) is 0 Å². The number of nitrogens with zero attached hydrogens (tertiary/aromatic N) is 1. The van der Waals surface area contributed by atoms with E-state index < -0.39 is 23.6 Å². The highest BCUT2D eigenvalue weighted by Crippen LogP contribution is 2.22. The Morgan fingerprint density at radius 2 is 1.38 bits per heavy atom. The van der Waals surface area contributed by atoms with E-state index in [-0.39, 0.29) is 12.3 Å². The highest BCUT2D eigenvalue weighted by atomic mass is 16.3. The van der Waals surface area contributed by atoms with Crippen molar-refractivity contribution in [2.75, 3.05) is 17.2 Å². The van der Waals surface area contributed by atoms with Gasteiger partial charge in [0.1, 0.15) is 6.54 Å². The quantitative estimate of drug-likeness (QED) is 0.652. The zero-order valence-corrected chi connectivity index (χ0v) is 15.0. The van der Waals surface area contributed by atoms with Gasteiger partial charge >= 0.3 is 0 Å². The largest absolute Gasteiger partial charge is 0.459 e. The Morgan fingerprint density at radius 3 is 1.93 bits per heavy atom. The molecule has 0 radical (unpaired) electrons. The summed E-state index contributed by atoms with van der Waals surface area (Å²) in [6, 6.07) is 16.0. The van der Waals surface area contributed by atoms with Crippen LogP contribution in [-0.4, -0.2) is 35.1 Å². The summed E-state index contributed by atoms with van der Waals surface area (Å²) >= 11 is 0. The molecule has 1 aliphatic rings. The lowest BCUT2D eigenvalue weighted by Crippen LogP contribution is -2.37. The van der Waals surface area contributed by atoms with Gasteiger partial charge in [0, 0.05) is 11.4 Å². The van der Waals surface area contributed by atoms with E-state index >= 15 is 0 Å². The van der Waals surface area contributed by atoms with Crippen LogP contribution in [0.1, 0.15) is 31.3 Å². The summed E-state index contributed by atoms with van der Waals surface area (Å²) in [6.45, 7) is -0.386. The highest BCUT2D eigenvalue weighted by molar-refractivity contribution is 6.22. The maximum absolute atomic E-state index is 12.3. The Morgan fingerprint density at radius 1 is 0.793 bits per heavy atom. The van der Waals surface area contributed by atoms with Gasteiger partial charge in [-0.3, -0.25) is 24.1 Å². The van der Waals surface area contributed by atoms with Gasteiger partial charge in [0.05, 0.1) is 17.4 Å². The van der Waals surface area contributed by atoms with Crippen LogP contribution in [0.15, 0.2) is 71.3 Å². The first-order valence-corrected chi connectivity index (χ1v) is 8.73. The molecule has 0 saturated carbocycles. The molecule has 29 heavy (non-hydrogen) atoms. The van der Waals surface area contributed by atoms with Gasteiger partial charge in [0.15, 0.2) is 5.76 Å². The summed E-state index contributed by atoms with van der Waals surface area (Å²) in [7, 11) is 0. The molecular formula is C21H15N3O5. The normalized spacial score (nSPS) is 12.6. The van der Waals surface area contributed by atoms with Crippen LogP contribution in [0.3, 0.4) is 0 Å². The molecule has 2 heterocycles. The van der Waals surface area contributed by atoms with Crippen molar-refractivity contribution in [3.8, 4) is 0 Å². The molecular weight excluding hydrogens is 374 g/mol. The van der Waals surface area contributed by atoms with Crippen LogP contribution in [0.4, 0.5) is 11.4 Å². The minimum Gasteiger partial charge on any atom is -0.459 e. The first-order chi connectivity index (χ1) is 14.0. The van der Waals surface area contributed by atoms with Gasteiger partial charge in [0.25, 0.3) is 17.7 Å². The Kier molecular flexibility index (Phi) is 4.66. The molecule has 0 spiro atoms. The number of imide groups is 1. The molecule has 0 fully saturated rings. The van der Waals surface area contributed by atoms with Gasteiger partial charge in [-0.05, 0) is 48.5 Å². The fraction of sp³-hybridized carbons (Fsp3) is 0.0476.